The molecule has 0 bridgehead atoms. The summed E-state index contributed by atoms with van der Waals surface area (Å²) in [5.74, 6) is -0.170. The third-order valence-electron chi connectivity index (χ3n) is 4.95. The molecule has 1 aromatic heterocycles. The number of hydrogen-bond donors (Lipinski definition) is 3. The van der Waals surface area contributed by atoms with E-state index in [9.17, 15) is 9.59 Å². The molecule has 126 valence electrons. The van der Waals surface area contributed by atoms with Crippen LogP contribution in [0.15, 0.2) is 17.5 Å². The first-order valence-corrected chi connectivity index (χ1v) is 9.58. The summed E-state index contributed by atoms with van der Waals surface area (Å²) in [5, 5.41) is 7.54. The van der Waals surface area contributed by atoms with E-state index in [-0.39, 0.29) is 18.0 Å². The van der Waals surface area contributed by atoms with Gasteiger partial charge in [-0.15, -0.1) is 11.3 Å². The van der Waals surface area contributed by atoms with E-state index in [1.807, 2.05) is 0 Å². The molecule has 2 heterocycles. The average molecular weight is 336 g/mol. The molecule has 3 rings (SSSR count). The largest absolute Gasteiger partial charge is 0.335 e. The van der Waals surface area contributed by atoms with Gasteiger partial charge in [0.25, 0.3) is 5.91 Å². The summed E-state index contributed by atoms with van der Waals surface area (Å²) >= 11 is 1.76. The first kappa shape index (κ1) is 16.5. The smallest absolute Gasteiger partial charge is 0.321 e. The lowest BCUT2D eigenvalue weighted by Gasteiger charge is -2.23. The number of carbonyl (C=O) groups is 2. The van der Waals surface area contributed by atoms with Crippen molar-refractivity contribution in [2.24, 2.45) is 0 Å². The van der Waals surface area contributed by atoms with Gasteiger partial charge in [-0.3, -0.25) is 10.1 Å². The zero-order valence-electron chi connectivity index (χ0n) is 13.5. The first-order chi connectivity index (χ1) is 11.2. The first-order valence-electron chi connectivity index (χ1n) is 8.70. The Morgan fingerprint density at radius 3 is 2.74 bits per heavy atom. The van der Waals surface area contributed by atoms with Crippen LogP contribution >= 0.6 is 11.3 Å². The molecule has 0 spiro atoms. The number of thiophene rings is 1. The van der Waals surface area contributed by atoms with Gasteiger partial charge >= 0.3 is 6.03 Å². The highest BCUT2D eigenvalue weighted by Crippen LogP contribution is 2.23. The minimum atomic E-state index is -0.326. The van der Waals surface area contributed by atoms with Crippen LogP contribution in [0.5, 0.6) is 0 Å². The van der Waals surface area contributed by atoms with E-state index in [1.165, 1.54) is 29.0 Å². The molecule has 1 aliphatic carbocycles. The number of urea groups is 1. The predicted octanol–water partition coefficient (Wildman–Crippen LogP) is 1.63. The van der Waals surface area contributed by atoms with Crippen molar-refractivity contribution in [1.82, 2.24) is 10.6 Å². The Labute approximate surface area is 141 Å². The van der Waals surface area contributed by atoms with Crippen LogP contribution in [0.1, 0.15) is 55.9 Å². The molecule has 2 aliphatic rings. The number of hydrogen-bond acceptors (Lipinski definition) is 3. The van der Waals surface area contributed by atoms with Crippen molar-refractivity contribution in [3.63, 3.8) is 0 Å². The van der Waals surface area contributed by atoms with E-state index in [1.54, 1.807) is 11.3 Å². The molecule has 6 heteroatoms. The van der Waals surface area contributed by atoms with Crippen molar-refractivity contribution in [3.05, 3.63) is 22.4 Å². The Kier molecular flexibility index (Phi) is 5.67. The number of amides is 3. The Bertz CT molecular complexity index is 526. The topological polar surface area (TPSA) is 62.6 Å². The molecule has 1 unspecified atom stereocenters. The lowest BCUT2D eigenvalue weighted by atomic mass is 9.96. The number of imide groups is 1. The van der Waals surface area contributed by atoms with Crippen LogP contribution < -0.4 is 15.5 Å². The second-order valence-electron chi connectivity index (χ2n) is 6.65. The van der Waals surface area contributed by atoms with Crippen LogP contribution in [0.25, 0.3) is 0 Å². The molecule has 23 heavy (non-hydrogen) atoms. The number of likely N-dealkylation sites (tertiary alicyclic amines) is 1. The van der Waals surface area contributed by atoms with E-state index in [2.05, 4.69) is 28.1 Å². The third kappa shape index (κ3) is 4.54. The summed E-state index contributed by atoms with van der Waals surface area (Å²) in [6.07, 6.45) is 7.90. The predicted molar refractivity (Wildman–Crippen MR) is 90.5 cm³/mol. The minimum Gasteiger partial charge on any atom is -0.335 e. The Morgan fingerprint density at radius 2 is 2.00 bits per heavy atom. The van der Waals surface area contributed by atoms with Gasteiger partial charge in [0.2, 0.25) is 0 Å². The lowest BCUT2D eigenvalue weighted by Crippen LogP contribution is -3.11. The maximum atomic E-state index is 12.2. The van der Waals surface area contributed by atoms with E-state index in [0.29, 0.717) is 12.6 Å². The van der Waals surface area contributed by atoms with Crippen LogP contribution in [0.2, 0.25) is 0 Å². The van der Waals surface area contributed by atoms with Crippen molar-refractivity contribution in [3.8, 4) is 0 Å². The number of nitrogens with one attached hydrogen (secondary N) is 3. The Hall–Kier alpha value is -1.40. The maximum absolute atomic E-state index is 12.2. The summed E-state index contributed by atoms with van der Waals surface area (Å²) in [6.45, 7) is 1.38. The van der Waals surface area contributed by atoms with Crippen LogP contribution in [0.3, 0.4) is 0 Å². The molecule has 3 N–H and O–H groups in total. The average Bonchev–Trinajstić information content (AvgIpc) is 3.18. The molecule has 3 amide bonds. The van der Waals surface area contributed by atoms with Gasteiger partial charge in [0.15, 0.2) is 6.54 Å². The van der Waals surface area contributed by atoms with Crippen molar-refractivity contribution >= 4 is 23.3 Å². The molecule has 2 fully saturated rings. The van der Waals surface area contributed by atoms with Gasteiger partial charge in [-0.2, -0.15) is 0 Å². The Morgan fingerprint density at radius 1 is 1.17 bits per heavy atom. The van der Waals surface area contributed by atoms with Crippen LogP contribution in [0, 0.1) is 0 Å². The van der Waals surface area contributed by atoms with Gasteiger partial charge in [0, 0.05) is 18.9 Å². The van der Waals surface area contributed by atoms with Gasteiger partial charge < -0.3 is 10.2 Å². The van der Waals surface area contributed by atoms with E-state index >= 15 is 0 Å². The highest BCUT2D eigenvalue weighted by atomic mass is 32.1. The standard InChI is InChI=1S/C17H25N3O2S/c21-16(19-17(22)18-13-6-2-1-3-7-13)12-20-10-4-8-14(20)15-9-5-11-23-15/h5,9,11,13-14H,1-4,6-8,10,12H2,(H2,18,19,21,22)/p+1/t14-/m1/s1. The number of quaternary nitrogens is 1. The van der Waals surface area contributed by atoms with Gasteiger partial charge in [0.05, 0.1) is 11.4 Å². The quantitative estimate of drug-likeness (QED) is 0.782. The lowest BCUT2D eigenvalue weighted by molar-refractivity contribution is -0.910. The second kappa shape index (κ2) is 7.93. The summed E-state index contributed by atoms with van der Waals surface area (Å²) in [6, 6.07) is 4.52. The van der Waals surface area contributed by atoms with Crippen LogP contribution in [0.4, 0.5) is 4.79 Å². The fourth-order valence-corrected chi connectivity index (χ4v) is 4.72. The fraction of sp³-hybridized carbons (Fsp3) is 0.647. The molecule has 0 radical (unpaired) electrons. The van der Waals surface area contributed by atoms with Crippen molar-refractivity contribution in [2.75, 3.05) is 13.1 Å². The van der Waals surface area contributed by atoms with Gasteiger partial charge in [-0.25, -0.2) is 4.79 Å². The highest BCUT2D eigenvalue weighted by Gasteiger charge is 2.32. The third-order valence-corrected chi connectivity index (χ3v) is 5.94. The molecular formula is C17H26N3O2S+. The Balaban J connectivity index is 1.45. The molecule has 5 nitrogen and oxygen atoms in total. The molecule has 2 atom stereocenters. The van der Waals surface area contributed by atoms with E-state index in [0.717, 1.165) is 32.2 Å². The molecule has 1 aromatic rings. The second-order valence-corrected chi connectivity index (χ2v) is 7.63. The summed E-state index contributed by atoms with van der Waals surface area (Å²) < 4.78 is 0. The summed E-state index contributed by atoms with van der Waals surface area (Å²) in [5.41, 5.74) is 0. The zero-order chi connectivity index (χ0) is 16.1. The van der Waals surface area contributed by atoms with Crippen LogP contribution in [-0.2, 0) is 4.79 Å². The van der Waals surface area contributed by atoms with E-state index in [4.69, 9.17) is 0 Å². The highest BCUT2D eigenvalue weighted by molar-refractivity contribution is 7.10. The zero-order valence-corrected chi connectivity index (χ0v) is 14.3. The maximum Gasteiger partial charge on any atom is 0.321 e. The molecule has 0 aromatic carbocycles. The molecule has 1 saturated carbocycles. The van der Waals surface area contributed by atoms with E-state index < -0.39 is 0 Å². The fourth-order valence-electron chi connectivity index (χ4n) is 3.80. The molecule has 1 saturated heterocycles. The normalized spacial score (nSPS) is 25.2. The van der Waals surface area contributed by atoms with Gasteiger partial charge in [0.1, 0.15) is 6.04 Å². The molecule has 1 aliphatic heterocycles. The summed E-state index contributed by atoms with van der Waals surface area (Å²) in [7, 11) is 0. The number of carbonyl (C=O) groups excluding carboxylic acids is 2. The number of rotatable bonds is 4. The van der Waals surface area contributed by atoms with Crippen molar-refractivity contribution in [1.29, 1.82) is 0 Å². The monoisotopic (exact) mass is 336 g/mol. The van der Waals surface area contributed by atoms with Gasteiger partial charge in [-0.05, 0) is 24.3 Å². The minimum absolute atomic E-state index is 0.170. The van der Waals surface area contributed by atoms with Crippen molar-refractivity contribution < 1.29 is 14.5 Å². The SMILES string of the molecule is O=C(C[NH+]1CCC[C@@H]1c1cccs1)NC(=O)NC1CCCCC1. The summed E-state index contributed by atoms with van der Waals surface area (Å²) in [4.78, 5) is 26.8. The van der Waals surface area contributed by atoms with Crippen LogP contribution in [-0.4, -0.2) is 31.1 Å². The van der Waals surface area contributed by atoms with Gasteiger partial charge in [-0.1, -0.05) is 25.3 Å². The van der Waals surface area contributed by atoms with Crippen molar-refractivity contribution in [2.45, 2.75) is 57.0 Å². The molecular weight excluding hydrogens is 310 g/mol.